The van der Waals surface area contributed by atoms with Gasteiger partial charge in [0.25, 0.3) is 0 Å². The molecule has 0 amide bonds. The minimum Gasteiger partial charge on any atom is -0.489 e. The van der Waals surface area contributed by atoms with Crippen LogP contribution < -0.4 is 10.5 Å². The average Bonchev–Trinajstić information content (AvgIpc) is 2.57. The number of aromatic nitrogens is 1. The number of methoxy groups -OCH3 is 1. The molecule has 24 heavy (non-hydrogen) atoms. The number of hydrogen-bond acceptors (Lipinski definition) is 5. The first-order valence-corrected chi connectivity index (χ1v) is 7.42. The van der Waals surface area contributed by atoms with Crippen LogP contribution >= 0.6 is 23.2 Å². The summed E-state index contributed by atoms with van der Waals surface area (Å²) in [5, 5.41) is -0.406. The second kappa shape index (κ2) is 7.19. The van der Waals surface area contributed by atoms with Crippen molar-refractivity contribution in [1.82, 2.24) is 4.98 Å². The van der Waals surface area contributed by atoms with Crippen molar-refractivity contribution in [3.63, 3.8) is 0 Å². The van der Waals surface area contributed by atoms with E-state index in [1.54, 1.807) is 6.92 Å². The molecule has 0 atom stereocenters. The summed E-state index contributed by atoms with van der Waals surface area (Å²) in [7, 11) is 1.09. The van der Waals surface area contributed by atoms with E-state index in [9.17, 15) is 13.6 Å². The summed E-state index contributed by atoms with van der Waals surface area (Å²) in [4.78, 5) is 15.5. The molecule has 1 heterocycles. The Kier molecular flexibility index (Phi) is 5.46. The van der Waals surface area contributed by atoms with Crippen LogP contribution in [0.5, 0.6) is 5.75 Å². The fourth-order valence-corrected chi connectivity index (χ4v) is 2.37. The Morgan fingerprint density at radius 3 is 2.54 bits per heavy atom. The number of benzene rings is 1. The molecule has 9 heteroatoms. The normalized spacial score (nSPS) is 10.6. The number of anilines is 1. The summed E-state index contributed by atoms with van der Waals surface area (Å²) >= 11 is 11.7. The third-order valence-corrected chi connectivity index (χ3v) is 3.76. The van der Waals surface area contributed by atoms with Gasteiger partial charge in [-0.1, -0.05) is 23.2 Å². The van der Waals surface area contributed by atoms with Crippen molar-refractivity contribution in [2.24, 2.45) is 0 Å². The van der Waals surface area contributed by atoms with Crippen LogP contribution in [0.2, 0.25) is 10.0 Å². The molecule has 0 fully saturated rings. The summed E-state index contributed by atoms with van der Waals surface area (Å²) in [5.41, 5.74) is 3.79. The predicted molar refractivity (Wildman–Crippen MR) is 86.5 cm³/mol. The smallest absolute Gasteiger partial charge is 0.358 e. The lowest BCUT2D eigenvalue weighted by Gasteiger charge is -2.13. The molecular formula is C15H12Cl2F2N2O3. The number of halogens is 4. The van der Waals surface area contributed by atoms with E-state index in [-0.39, 0.29) is 22.9 Å². The standard InChI is InChI=1S/C15H12Cl2F2N2O3/c1-3-24-14-7(16)5-4-6(9(14)18)12-10(19)11(20)8(17)13(21-12)15(22)23-2/h4-5H,3H2,1-2H3,(H2,20,21). The van der Waals surface area contributed by atoms with Gasteiger partial charge in [0.05, 0.1) is 29.4 Å². The van der Waals surface area contributed by atoms with Gasteiger partial charge in [-0.3, -0.25) is 0 Å². The molecule has 1 aromatic carbocycles. The third kappa shape index (κ3) is 3.09. The molecule has 0 aliphatic carbocycles. The van der Waals surface area contributed by atoms with Gasteiger partial charge in [0.15, 0.2) is 23.1 Å². The largest absolute Gasteiger partial charge is 0.489 e. The summed E-state index contributed by atoms with van der Waals surface area (Å²) in [6.07, 6.45) is 0. The van der Waals surface area contributed by atoms with Gasteiger partial charge in [-0.05, 0) is 19.1 Å². The Bertz CT molecular complexity index is 816. The van der Waals surface area contributed by atoms with Crippen molar-refractivity contribution in [2.45, 2.75) is 6.92 Å². The molecule has 0 spiro atoms. The predicted octanol–water partition coefficient (Wildman–Crippen LogP) is 4.10. The molecule has 128 valence electrons. The quantitative estimate of drug-likeness (QED) is 0.812. The lowest BCUT2D eigenvalue weighted by Crippen LogP contribution is -2.11. The van der Waals surface area contributed by atoms with Crippen LogP contribution in [0.1, 0.15) is 17.4 Å². The van der Waals surface area contributed by atoms with Gasteiger partial charge in [-0.25, -0.2) is 18.6 Å². The molecule has 2 aromatic rings. The fraction of sp³-hybridized carbons (Fsp3) is 0.200. The highest BCUT2D eigenvalue weighted by molar-refractivity contribution is 6.36. The molecule has 0 aliphatic heterocycles. The Morgan fingerprint density at radius 1 is 1.29 bits per heavy atom. The number of ether oxygens (including phenoxy) is 2. The van der Waals surface area contributed by atoms with E-state index in [1.165, 1.54) is 12.1 Å². The number of nitrogens with zero attached hydrogens (tertiary/aromatic N) is 1. The number of nitrogen functional groups attached to an aromatic ring is 1. The summed E-state index contributed by atoms with van der Waals surface area (Å²) < 4.78 is 38.7. The van der Waals surface area contributed by atoms with Crippen LogP contribution in [-0.4, -0.2) is 24.7 Å². The molecule has 2 rings (SSSR count). The van der Waals surface area contributed by atoms with Crippen molar-refractivity contribution < 1.29 is 23.0 Å². The molecule has 2 N–H and O–H groups in total. The number of hydrogen-bond donors (Lipinski definition) is 1. The molecule has 0 saturated carbocycles. The van der Waals surface area contributed by atoms with Gasteiger partial charge in [-0.15, -0.1) is 0 Å². The first-order chi connectivity index (χ1) is 11.3. The topological polar surface area (TPSA) is 74.4 Å². The van der Waals surface area contributed by atoms with Crippen LogP contribution in [0, 0.1) is 11.6 Å². The van der Waals surface area contributed by atoms with Crippen molar-refractivity contribution >= 4 is 34.9 Å². The van der Waals surface area contributed by atoms with Crippen molar-refractivity contribution in [2.75, 3.05) is 19.5 Å². The van der Waals surface area contributed by atoms with Gasteiger partial charge in [0.1, 0.15) is 5.69 Å². The number of esters is 1. The molecular weight excluding hydrogens is 365 g/mol. The second-order valence-corrected chi connectivity index (χ2v) is 5.30. The Hall–Kier alpha value is -2.12. The van der Waals surface area contributed by atoms with Crippen LogP contribution in [-0.2, 0) is 4.74 Å². The highest BCUT2D eigenvalue weighted by atomic mass is 35.5. The lowest BCUT2D eigenvalue weighted by atomic mass is 10.1. The SMILES string of the molecule is CCOc1c(Cl)ccc(-c2nc(C(=O)OC)c(Cl)c(N)c2F)c1F. The van der Waals surface area contributed by atoms with Crippen LogP contribution in [0.4, 0.5) is 14.5 Å². The van der Waals surface area contributed by atoms with Crippen molar-refractivity contribution in [3.05, 3.63) is 39.5 Å². The number of carbonyl (C=O) groups is 1. The van der Waals surface area contributed by atoms with Crippen molar-refractivity contribution in [1.29, 1.82) is 0 Å². The summed E-state index contributed by atoms with van der Waals surface area (Å²) in [5.74, 6) is -3.21. The zero-order valence-corrected chi connectivity index (χ0v) is 14.1. The fourth-order valence-electron chi connectivity index (χ4n) is 1.96. The van der Waals surface area contributed by atoms with Crippen LogP contribution in [0.15, 0.2) is 12.1 Å². The van der Waals surface area contributed by atoms with E-state index in [0.29, 0.717) is 0 Å². The Labute approximate surface area is 146 Å². The van der Waals surface area contributed by atoms with Gasteiger partial charge < -0.3 is 15.2 Å². The maximum atomic E-state index is 14.6. The third-order valence-electron chi connectivity index (χ3n) is 3.08. The first-order valence-electron chi connectivity index (χ1n) is 6.67. The molecule has 0 saturated heterocycles. The van der Waals surface area contributed by atoms with Gasteiger partial charge in [-0.2, -0.15) is 0 Å². The van der Waals surface area contributed by atoms with Gasteiger partial charge in [0.2, 0.25) is 0 Å². The zero-order chi connectivity index (χ0) is 18.0. The molecule has 1 aromatic heterocycles. The van der Waals surface area contributed by atoms with Gasteiger partial charge >= 0.3 is 5.97 Å². The minimum atomic E-state index is -1.07. The van der Waals surface area contributed by atoms with E-state index in [4.69, 9.17) is 33.7 Å². The molecule has 0 unspecified atom stereocenters. The number of carbonyl (C=O) groups excluding carboxylic acids is 1. The number of pyridine rings is 1. The monoisotopic (exact) mass is 376 g/mol. The van der Waals surface area contributed by atoms with Crippen LogP contribution in [0.25, 0.3) is 11.3 Å². The molecule has 5 nitrogen and oxygen atoms in total. The van der Waals surface area contributed by atoms with E-state index >= 15 is 0 Å². The Morgan fingerprint density at radius 2 is 1.96 bits per heavy atom. The number of nitrogens with two attached hydrogens (primary N) is 1. The van der Waals surface area contributed by atoms with E-state index in [0.717, 1.165) is 7.11 Å². The van der Waals surface area contributed by atoms with Crippen LogP contribution in [0.3, 0.4) is 0 Å². The summed E-state index contributed by atoms with van der Waals surface area (Å²) in [6.45, 7) is 1.78. The zero-order valence-electron chi connectivity index (χ0n) is 12.6. The average molecular weight is 377 g/mol. The van der Waals surface area contributed by atoms with E-state index in [2.05, 4.69) is 9.72 Å². The van der Waals surface area contributed by atoms with Crippen molar-refractivity contribution in [3.8, 4) is 17.0 Å². The van der Waals surface area contributed by atoms with Gasteiger partial charge in [0, 0.05) is 5.56 Å². The Balaban J connectivity index is 2.76. The minimum absolute atomic E-state index is 0.00800. The molecule has 0 aliphatic rings. The van der Waals surface area contributed by atoms with E-state index in [1.807, 2.05) is 0 Å². The second-order valence-electron chi connectivity index (χ2n) is 4.51. The highest BCUT2D eigenvalue weighted by Crippen LogP contribution is 2.38. The highest BCUT2D eigenvalue weighted by Gasteiger charge is 2.26. The van der Waals surface area contributed by atoms with E-state index < -0.39 is 39.7 Å². The maximum Gasteiger partial charge on any atom is 0.358 e. The maximum absolute atomic E-state index is 14.6. The lowest BCUT2D eigenvalue weighted by molar-refractivity contribution is 0.0594. The first kappa shape index (κ1) is 18.2. The molecule has 0 radical (unpaired) electrons. The number of rotatable bonds is 4. The summed E-state index contributed by atoms with van der Waals surface area (Å²) in [6, 6.07) is 2.51. The molecule has 0 bridgehead atoms.